The van der Waals surface area contributed by atoms with Gasteiger partial charge in [-0.05, 0) is 145 Å². The van der Waals surface area contributed by atoms with Gasteiger partial charge in [0.2, 0.25) is 6.29 Å². The quantitative estimate of drug-likeness (QED) is 0.0468. The van der Waals surface area contributed by atoms with Gasteiger partial charge in [0.15, 0.2) is 37.7 Å². The van der Waals surface area contributed by atoms with Crippen molar-refractivity contribution in [1.82, 2.24) is 0 Å². The molecule has 10 rings (SSSR count). The van der Waals surface area contributed by atoms with Gasteiger partial charge in [0.05, 0.1) is 141 Å². The molecule has 10 heterocycles. The fourth-order valence-corrected chi connectivity index (χ4v) is 20.8. The van der Waals surface area contributed by atoms with Crippen LogP contribution in [0.2, 0.25) is 0 Å². The molecule has 124 heavy (non-hydrogen) atoms. The van der Waals surface area contributed by atoms with Crippen molar-refractivity contribution in [2.45, 2.75) is 490 Å². The minimum Gasteiger partial charge on any atom is -0.470 e. The Hall–Kier alpha value is 5.87. The Labute approximate surface area is 932 Å². The predicted molar refractivity (Wildman–Crippen MR) is 464 cm³/mol. The molecule has 22 unspecified atom stereocenters. The van der Waals surface area contributed by atoms with Gasteiger partial charge in [0.25, 0.3) is 0 Å². The molecular formula is C96H180Ac5O23. The SMILES string of the molecule is C/C=C/O[C@@H]1OC(CC)[C@@H](O[C@@H]2OC(CC)[C@@H](C)[C@H](C)C2C)[C@H](C)C1O.CCC1O[C@@H](O[C@@H]2C(CC)OC(C)C(O)[C@H]2C)C(C)[C@@H](C)[C@@H]1CC.CCC1O[C@@H](O[C@@H]2C(CC)OC(O)C(O)[C@H]2C)C(C)[C@@H](C)[C@@H]1C.CCC1O[C@@H](O[C@@H]2C(CC)O[C@@H](C)C(O)[C@H]2C)C(C)[C@@H](C)[C@@H]1C.CCC1O[C@@H](O[C@@H]2C(CC)O[C@@H](C)C(O)[C@H]2C)C(C)[C@@H](C)[C@@H]1O.[Ac].[Ac].[Ac].[Ac].[Ac]. The van der Waals surface area contributed by atoms with E-state index in [1.54, 1.807) is 12.3 Å². The number of hydrogen-bond acceptors (Lipinski definition) is 23. The van der Waals surface area contributed by atoms with Crippen LogP contribution in [0.3, 0.4) is 0 Å². The molecule has 0 aromatic rings. The molecule has 0 aromatic heterocycles. The van der Waals surface area contributed by atoms with E-state index in [4.69, 9.17) is 75.8 Å². The van der Waals surface area contributed by atoms with Crippen LogP contribution >= 0.6 is 0 Å². The summed E-state index contributed by atoms with van der Waals surface area (Å²) in [6.45, 7) is 69.9. The number of aliphatic hydroxyl groups excluding tert-OH is 7. The molecule has 5 radical (unpaired) electrons. The Morgan fingerprint density at radius 3 is 0.726 bits per heavy atom. The van der Waals surface area contributed by atoms with E-state index >= 15 is 0 Å². The second-order valence-corrected chi connectivity index (χ2v) is 38.6. The van der Waals surface area contributed by atoms with Gasteiger partial charge in [-0.3, -0.25) is 0 Å². The third-order valence-corrected chi connectivity index (χ3v) is 31.4. The Morgan fingerprint density at radius 1 is 0.210 bits per heavy atom. The molecule has 10 fully saturated rings. The van der Waals surface area contributed by atoms with E-state index in [0.29, 0.717) is 65.1 Å². The van der Waals surface area contributed by atoms with Gasteiger partial charge in [-0.15, -0.1) is 0 Å². The molecular weight excluding hydrogens is 2660 g/mol. The molecule has 0 aromatic carbocycles. The van der Waals surface area contributed by atoms with Crippen molar-refractivity contribution in [3.63, 3.8) is 0 Å². The summed E-state index contributed by atoms with van der Waals surface area (Å²) in [6, 6.07) is 0. The maximum atomic E-state index is 10.6. The van der Waals surface area contributed by atoms with Crippen LogP contribution in [0.1, 0.15) is 299 Å². The minimum atomic E-state index is -1.14. The molecule has 23 nitrogen and oxygen atoms in total. The predicted octanol–water partition coefficient (Wildman–Crippen LogP) is 16.6. The van der Waals surface area contributed by atoms with Crippen LogP contribution in [0.5, 0.6) is 0 Å². The first-order chi connectivity index (χ1) is 56.1. The molecule has 7 N–H and O–H groups in total. The van der Waals surface area contributed by atoms with E-state index in [2.05, 4.69) is 159 Å². The number of ether oxygens (including phenoxy) is 16. The summed E-state index contributed by atoms with van der Waals surface area (Å²) >= 11 is 0. The fourth-order valence-electron chi connectivity index (χ4n) is 20.8. The van der Waals surface area contributed by atoms with Crippen molar-refractivity contribution in [2.24, 2.45) is 112 Å². The summed E-state index contributed by atoms with van der Waals surface area (Å²) in [6.07, 6.45) is 5.56. The topological polar surface area (TPSA) is 289 Å². The molecule has 50 atom stereocenters. The van der Waals surface area contributed by atoms with E-state index in [9.17, 15) is 35.7 Å². The van der Waals surface area contributed by atoms with Crippen LogP contribution < -0.4 is 0 Å². The third-order valence-electron chi connectivity index (χ3n) is 31.4. The molecule has 10 aliphatic rings. The first kappa shape index (κ1) is 128. The van der Waals surface area contributed by atoms with E-state index in [0.717, 1.165) is 70.6 Å². The van der Waals surface area contributed by atoms with Crippen LogP contribution in [0.4, 0.5) is 0 Å². The van der Waals surface area contributed by atoms with Gasteiger partial charge in [0, 0.05) is 279 Å². The van der Waals surface area contributed by atoms with Crippen LogP contribution in [0.15, 0.2) is 12.3 Å². The molecule has 0 amide bonds. The fraction of sp³-hybridized carbons (Fsp3) is 0.979. The standard InChI is InChI=1S/C21H38O5.C20H38O4.C19H36O4.2C18H34O5.5Ac/c1-8-11-23-21-18(22)15(7)19(17(10-3)25-21)26-20-14(6)12(4)13(5)16(9-2)24-20;1-8-15-11(4)12(5)20(23-16(15)9-2)24-19-13(6)18(21)14(7)22-17(19)10-3;1-8-15-11(4)10(3)12(5)19(22-15)23-18-13(6)17(20)14(7)21-16(18)9-2;1-7-13-16(20)9(3)10(4)18(22-13)23-17-11(5)15(19)12(6)21-14(17)8-2;1-7-13-10(4)9(3)11(5)18(22-13)23-16-12(6)15(19)17(20)21-14(16)8-2;;;;;/h8,11-22H,9-10H2,1-7H3;11-21H,8-10H2,1-7H3;10-20H,8-9H2,1-7H3;2*9-20H,7-8H2,1-6H3;;;;;/b11-8+;;;;;;;;;/t12-,13-,14?,15+,16?,17?,18?,19-,20-,21+;11-,12?,13-,14?,15+,16?,17?,18?,19+,20+;10-,11-,12?,13+,14-,15?,16?,17?,18-,19-;9-,10?,11-,12+,13?,14?,15?,16+,17+,18+;9-,10-,11?,12+,13?,14?,15?,16-,17?,18-;;;;;/m01010...../s1. The Balaban J connectivity index is 0.000000768. The first-order valence-electron chi connectivity index (χ1n) is 48.0. The monoisotopic (exact) mass is 2840 g/mol. The summed E-state index contributed by atoms with van der Waals surface area (Å²) in [5.74, 6) is 5.57. The molecule has 0 aliphatic carbocycles. The molecule has 10 saturated heterocycles. The first-order valence-corrected chi connectivity index (χ1v) is 48.0. The van der Waals surface area contributed by atoms with E-state index in [1.165, 1.54) is 0 Å². The molecule has 0 bridgehead atoms. The van der Waals surface area contributed by atoms with Crippen molar-refractivity contribution in [3.05, 3.63) is 12.3 Å². The maximum absolute atomic E-state index is 10.6. The average Bonchev–Trinajstić information content (AvgIpc) is 0.808. The van der Waals surface area contributed by atoms with Crippen molar-refractivity contribution >= 4 is 0 Å². The molecule has 0 saturated carbocycles. The van der Waals surface area contributed by atoms with Gasteiger partial charge < -0.3 is 112 Å². The normalized spacial score (nSPS) is 48.3. The summed E-state index contributed by atoms with van der Waals surface area (Å²) in [4.78, 5) is 0. The summed E-state index contributed by atoms with van der Waals surface area (Å²) in [7, 11) is 0. The minimum absolute atomic E-state index is 0. The number of aliphatic hydroxyl groups is 7. The van der Waals surface area contributed by atoms with Crippen LogP contribution in [0, 0.1) is 333 Å². The van der Waals surface area contributed by atoms with Crippen molar-refractivity contribution in [2.75, 3.05) is 0 Å². The molecule has 10 aliphatic heterocycles. The number of rotatable bonds is 23. The zero-order valence-electron chi connectivity index (χ0n) is 83.3. The average molecular weight is 2840 g/mol. The Kier molecular flexibility index (Phi) is 63.6. The van der Waals surface area contributed by atoms with Gasteiger partial charge in [0.1, 0.15) is 12.2 Å². The second-order valence-electron chi connectivity index (χ2n) is 38.6. The largest absolute Gasteiger partial charge is 0.470 e. The van der Waals surface area contributed by atoms with Gasteiger partial charge in [-0.25, -0.2) is 0 Å². The van der Waals surface area contributed by atoms with Crippen LogP contribution in [0.25, 0.3) is 0 Å². The molecule has 28 heteroatoms. The number of allylic oxidation sites excluding steroid dienone is 1. The molecule has 717 valence electrons. The van der Waals surface area contributed by atoms with E-state index < -0.39 is 49.2 Å². The van der Waals surface area contributed by atoms with Gasteiger partial charge in [-0.1, -0.05) is 213 Å². The van der Waals surface area contributed by atoms with Gasteiger partial charge >= 0.3 is 0 Å². The second kappa shape index (κ2) is 61.7. The summed E-state index contributed by atoms with van der Waals surface area (Å²) in [5.41, 5.74) is 0. The summed E-state index contributed by atoms with van der Waals surface area (Å²) < 4.78 is 98.1. The Morgan fingerprint density at radius 2 is 0.444 bits per heavy atom. The van der Waals surface area contributed by atoms with Crippen LogP contribution in [-0.4, -0.2) is 226 Å². The zero-order valence-corrected chi connectivity index (χ0v) is 107. The maximum Gasteiger partial charge on any atom is 0.225 e. The smallest absolute Gasteiger partial charge is 0.225 e. The summed E-state index contributed by atoms with van der Waals surface area (Å²) in [5, 5.41) is 72.0. The zero-order chi connectivity index (χ0) is 89.4. The van der Waals surface area contributed by atoms with E-state index in [-0.39, 0.29) is 409 Å². The van der Waals surface area contributed by atoms with Crippen LogP contribution in [-0.2, 0) is 75.8 Å². The van der Waals surface area contributed by atoms with Crippen molar-refractivity contribution < 1.29 is 332 Å². The third kappa shape index (κ3) is 32.4. The van der Waals surface area contributed by atoms with Crippen molar-refractivity contribution in [1.29, 1.82) is 0 Å². The Bertz CT molecular complexity index is 2660. The number of hydrogen-bond donors (Lipinski definition) is 7. The van der Waals surface area contributed by atoms with Crippen molar-refractivity contribution in [3.8, 4) is 0 Å². The van der Waals surface area contributed by atoms with Gasteiger partial charge in [-0.2, -0.15) is 0 Å². The molecule has 0 spiro atoms. The van der Waals surface area contributed by atoms with E-state index in [1.807, 2.05) is 69.2 Å².